The molecule has 6 N–H and O–H groups in total. The average Bonchev–Trinajstić information content (AvgIpc) is 3.02. The minimum atomic E-state index is -2.74. The number of anilines is 1. The molecule has 4 rings (SSSR count). The number of fused-ring (bicyclic) bond motifs is 3. The minimum Gasteiger partial charge on any atom is -0.508 e. The molecule has 1 saturated carbocycles. The smallest absolute Gasteiger partial charge is 0.305 e. The van der Waals surface area contributed by atoms with Crippen molar-refractivity contribution in [1.82, 2.24) is 9.80 Å². The number of aromatic hydroxyl groups is 1. The summed E-state index contributed by atoms with van der Waals surface area (Å²) in [6.45, 7) is 0.962. The Morgan fingerprint density at radius 1 is 0.980 bits per heavy atom. The molecule has 0 radical (unpaired) electrons. The summed E-state index contributed by atoms with van der Waals surface area (Å²) < 4.78 is 9.50. The van der Waals surface area contributed by atoms with Crippen LogP contribution < -0.4 is 10.6 Å². The Hall–Kier alpha value is -4.47. The van der Waals surface area contributed by atoms with Crippen LogP contribution in [0.1, 0.15) is 48.8 Å². The van der Waals surface area contributed by atoms with E-state index in [2.05, 4.69) is 0 Å². The van der Waals surface area contributed by atoms with E-state index < -0.39 is 58.0 Å². The number of likely N-dealkylation sites (N-methyl/N-ethyl adjacent to an activating group) is 1. The monoisotopic (exact) mass is 686 g/mol. The maximum Gasteiger partial charge on any atom is 0.305 e. The number of carbonyl (C=O) groups is 5. The fourth-order valence-electron chi connectivity index (χ4n) is 7.47. The number of ketones is 2. The van der Waals surface area contributed by atoms with E-state index in [1.165, 1.54) is 19.1 Å². The molecule has 49 heavy (non-hydrogen) atoms. The standard InChI is InChI=1S/C34H46N4O11/c1-36(2)21-15-18(16-38(11-7-9-22(39)48-5)12-8-10-23(40)49-6)28(41)25-19(21)13-17-14-20-27(37(3)4)30(43)26(33(35)46)32(45)34(20,47)31(44)24(17)29(25)42/h15,17,20,27,41-42,45,47H,7-14,16H2,1-6H3,(H2,35,46)/t17-,20-,27-,34-/m1/s1. The first kappa shape index (κ1) is 37.4. The predicted octanol–water partition coefficient (Wildman–Crippen LogP) is 0.738. The normalized spacial score (nSPS) is 23.3. The molecule has 1 amide bonds. The fraction of sp³-hybridized carbons (Fsp3) is 0.559. The molecule has 0 aromatic heterocycles. The van der Waals surface area contributed by atoms with Crippen LogP contribution in [0.5, 0.6) is 5.75 Å². The topological polar surface area (TPSA) is 220 Å². The number of esters is 2. The van der Waals surface area contributed by atoms with Gasteiger partial charge in [-0.1, -0.05) is 0 Å². The van der Waals surface area contributed by atoms with Gasteiger partial charge in [-0.2, -0.15) is 0 Å². The number of aliphatic hydroxyl groups excluding tert-OH is 2. The van der Waals surface area contributed by atoms with E-state index >= 15 is 0 Å². The highest BCUT2D eigenvalue weighted by molar-refractivity contribution is 6.24. The van der Waals surface area contributed by atoms with Crippen molar-refractivity contribution in [2.45, 2.75) is 56.7 Å². The van der Waals surface area contributed by atoms with Crippen molar-refractivity contribution < 1.29 is 53.9 Å². The molecular weight excluding hydrogens is 640 g/mol. The Bertz CT molecular complexity index is 1590. The van der Waals surface area contributed by atoms with Gasteiger partial charge in [0.15, 0.2) is 11.4 Å². The highest BCUT2D eigenvalue weighted by Crippen LogP contribution is 2.54. The van der Waals surface area contributed by atoms with Crippen LogP contribution in [0.15, 0.2) is 23.0 Å². The zero-order valence-electron chi connectivity index (χ0n) is 28.7. The molecule has 0 aliphatic heterocycles. The Labute approximate surface area is 284 Å². The molecule has 0 heterocycles. The van der Waals surface area contributed by atoms with Gasteiger partial charge in [0.05, 0.1) is 25.8 Å². The second kappa shape index (κ2) is 14.6. The molecule has 1 fully saturated rings. The molecule has 1 aromatic rings. The maximum absolute atomic E-state index is 14.3. The summed E-state index contributed by atoms with van der Waals surface area (Å²) in [5.41, 5.74) is 3.13. The summed E-state index contributed by atoms with van der Waals surface area (Å²) in [6.07, 6.45) is 1.31. The third kappa shape index (κ3) is 6.74. The van der Waals surface area contributed by atoms with Crippen molar-refractivity contribution >= 4 is 40.9 Å². The molecular formula is C34H46N4O11. The van der Waals surface area contributed by atoms with Crippen molar-refractivity contribution in [3.8, 4) is 5.75 Å². The number of methoxy groups -OCH3 is 2. The number of benzene rings is 1. The number of Topliss-reactive ketones (excluding diaryl/α,β-unsaturated/α-hetero) is 2. The number of amides is 1. The highest BCUT2D eigenvalue weighted by Gasteiger charge is 2.64. The second-order valence-corrected chi connectivity index (χ2v) is 13.2. The van der Waals surface area contributed by atoms with Crippen LogP contribution in [-0.2, 0) is 46.4 Å². The summed E-state index contributed by atoms with van der Waals surface area (Å²) >= 11 is 0. The summed E-state index contributed by atoms with van der Waals surface area (Å²) in [7, 11) is 9.27. The van der Waals surface area contributed by atoms with E-state index in [1.807, 2.05) is 4.90 Å². The molecule has 0 spiro atoms. The lowest BCUT2D eigenvalue weighted by Gasteiger charge is -2.50. The molecule has 3 aliphatic rings. The molecule has 3 aliphatic carbocycles. The number of phenols is 1. The van der Waals surface area contributed by atoms with Gasteiger partial charge in [-0.3, -0.25) is 33.8 Å². The Morgan fingerprint density at radius 2 is 1.55 bits per heavy atom. The molecule has 4 atom stereocenters. The van der Waals surface area contributed by atoms with Gasteiger partial charge < -0.3 is 40.5 Å². The van der Waals surface area contributed by atoms with E-state index in [4.69, 9.17) is 15.2 Å². The molecule has 0 saturated heterocycles. The van der Waals surface area contributed by atoms with Crippen LogP contribution in [0, 0.1) is 11.8 Å². The van der Waals surface area contributed by atoms with Gasteiger partial charge in [-0.25, -0.2) is 0 Å². The molecule has 1 aromatic carbocycles. The summed E-state index contributed by atoms with van der Waals surface area (Å²) in [6, 6.07) is 0.604. The third-order valence-corrected chi connectivity index (χ3v) is 9.82. The van der Waals surface area contributed by atoms with Crippen molar-refractivity contribution in [2.24, 2.45) is 17.6 Å². The van der Waals surface area contributed by atoms with Crippen LogP contribution in [0.25, 0.3) is 5.76 Å². The number of primary amides is 1. The van der Waals surface area contributed by atoms with Gasteiger partial charge in [0.2, 0.25) is 5.78 Å². The maximum atomic E-state index is 14.3. The number of nitrogens with zero attached hydrogens (tertiary/aromatic N) is 3. The molecule has 0 bridgehead atoms. The zero-order chi connectivity index (χ0) is 36.5. The first-order valence-electron chi connectivity index (χ1n) is 16.1. The lowest BCUT2D eigenvalue weighted by molar-refractivity contribution is -0.153. The molecule has 15 heteroatoms. The van der Waals surface area contributed by atoms with Crippen LogP contribution >= 0.6 is 0 Å². The highest BCUT2D eigenvalue weighted by atomic mass is 16.5. The average molecular weight is 687 g/mol. The largest absolute Gasteiger partial charge is 0.508 e. The van der Waals surface area contributed by atoms with Gasteiger partial charge in [0.1, 0.15) is 22.8 Å². The first-order valence-corrected chi connectivity index (χ1v) is 16.1. The number of phenolic OH excluding ortho intramolecular Hbond substituents is 1. The van der Waals surface area contributed by atoms with E-state index in [9.17, 15) is 44.4 Å². The van der Waals surface area contributed by atoms with Crippen molar-refractivity contribution in [2.75, 3.05) is 60.4 Å². The van der Waals surface area contributed by atoms with E-state index in [0.29, 0.717) is 42.7 Å². The molecule has 15 nitrogen and oxygen atoms in total. The van der Waals surface area contributed by atoms with Crippen LogP contribution in [0.4, 0.5) is 5.69 Å². The fourth-order valence-corrected chi connectivity index (χ4v) is 7.47. The van der Waals surface area contributed by atoms with E-state index in [0.717, 1.165) is 0 Å². The van der Waals surface area contributed by atoms with Crippen LogP contribution in [0.3, 0.4) is 0 Å². The molecule has 0 unspecified atom stereocenters. The number of nitrogens with two attached hydrogens (primary N) is 1. The Morgan fingerprint density at radius 3 is 2.04 bits per heavy atom. The number of rotatable bonds is 13. The first-order chi connectivity index (χ1) is 23.0. The minimum absolute atomic E-state index is 0.0124. The zero-order valence-corrected chi connectivity index (χ0v) is 28.7. The van der Waals surface area contributed by atoms with Gasteiger partial charge in [0.25, 0.3) is 5.91 Å². The second-order valence-electron chi connectivity index (χ2n) is 13.2. The van der Waals surface area contributed by atoms with Crippen molar-refractivity contribution in [3.05, 3.63) is 39.7 Å². The lowest BCUT2D eigenvalue weighted by atomic mass is 9.57. The van der Waals surface area contributed by atoms with Crippen LogP contribution in [0.2, 0.25) is 0 Å². The lowest BCUT2D eigenvalue weighted by Crippen LogP contribution is -2.65. The molecule has 268 valence electrons. The number of hydrogen-bond acceptors (Lipinski definition) is 14. The summed E-state index contributed by atoms with van der Waals surface area (Å²) in [5, 5.41) is 46.6. The van der Waals surface area contributed by atoms with Gasteiger partial charge >= 0.3 is 11.9 Å². The van der Waals surface area contributed by atoms with Gasteiger partial charge in [-0.15, -0.1) is 0 Å². The number of aliphatic hydroxyl groups is 3. The summed E-state index contributed by atoms with van der Waals surface area (Å²) in [5.74, 6) is -7.88. The predicted molar refractivity (Wildman–Crippen MR) is 176 cm³/mol. The van der Waals surface area contributed by atoms with Crippen molar-refractivity contribution in [1.29, 1.82) is 0 Å². The SMILES string of the molecule is COC(=O)CCCN(CCCC(=O)OC)Cc1cc(N(C)C)c2c(c1O)C(O)=C1C(=O)[C@@]3(O)C(O)=C(C(N)=O)C(=O)[C@H](N(C)C)[C@H]3C[C@H]1C2. The quantitative estimate of drug-likeness (QED) is 0.143. The Kier molecular flexibility index (Phi) is 11.1. The number of ether oxygens (including phenoxy) is 2. The van der Waals surface area contributed by atoms with Gasteiger partial charge in [0, 0.05) is 56.2 Å². The Balaban J connectivity index is 1.82. The van der Waals surface area contributed by atoms with Crippen LogP contribution in [-0.4, -0.2) is 127 Å². The van der Waals surface area contributed by atoms with Crippen molar-refractivity contribution in [3.63, 3.8) is 0 Å². The third-order valence-electron chi connectivity index (χ3n) is 9.82. The summed E-state index contributed by atoms with van der Waals surface area (Å²) in [4.78, 5) is 68.6. The van der Waals surface area contributed by atoms with Gasteiger partial charge in [-0.05, 0) is 70.4 Å². The van der Waals surface area contributed by atoms with E-state index in [1.54, 1.807) is 39.2 Å². The number of carbonyl (C=O) groups excluding carboxylic acids is 5. The number of hydrogen-bond donors (Lipinski definition) is 5. The van der Waals surface area contributed by atoms with E-state index in [-0.39, 0.29) is 61.1 Å².